The van der Waals surface area contributed by atoms with Gasteiger partial charge in [0.05, 0.1) is 11.4 Å². The quantitative estimate of drug-likeness (QED) is 0.713. The minimum atomic E-state index is 0.796. The molecule has 0 fully saturated rings. The van der Waals surface area contributed by atoms with Crippen molar-refractivity contribution in [1.29, 1.82) is 0 Å². The monoisotopic (exact) mass is 182 g/mol. The lowest BCUT2D eigenvalue weighted by Gasteiger charge is -1.98. The van der Waals surface area contributed by atoms with Crippen molar-refractivity contribution in [2.75, 3.05) is 0 Å². The third-order valence-corrected chi connectivity index (χ3v) is 1.96. The van der Waals surface area contributed by atoms with Crippen LogP contribution < -0.4 is 0 Å². The SMILES string of the molecule is C=Cc1ccc(-c2ccccc2)nn1. The molecule has 0 N–H and O–H groups in total. The normalized spacial score (nSPS) is 9.71. The number of benzene rings is 1. The zero-order chi connectivity index (χ0) is 9.80. The summed E-state index contributed by atoms with van der Waals surface area (Å²) < 4.78 is 0. The fourth-order valence-electron chi connectivity index (χ4n) is 1.21. The van der Waals surface area contributed by atoms with E-state index in [1.54, 1.807) is 6.08 Å². The zero-order valence-corrected chi connectivity index (χ0v) is 7.72. The maximum Gasteiger partial charge on any atom is 0.0930 e. The second kappa shape index (κ2) is 3.83. The summed E-state index contributed by atoms with van der Waals surface area (Å²) in [5.41, 5.74) is 2.76. The summed E-state index contributed by atoms with van der Waals surface area (Å²) in [4.78, 5) is 0. The van der Waals surface area contributed by atoms with Crippen LogP contribution in [0.4, 0.5) is 0 Å². The third-order valence-electron chi connectivity index (χ3n) is 1.96. The van der Waals surface area contributed by atoms with Crippen LogP contribution in [0.15, 0.2) is 49.0 Å². The van der Waals surface area contributed by atoms with E-state index in [9.17, 15) is 0 Å². The number of rotatable bonds is 2. The molecule has 1 aromatic carbocycles. The molecule has 0 aliphatic rings. The lowest BCUT2D eigenvalue weighted by atomic mass is 10.1. The van der Waals surface area contributed by atoms with Gasteiger partial charge < -0.3 is 0 Å². The van der Waals surface area contributed by atoms with Crippen LogP contribution in [0, 0.1) is 0 Å². The first-order valence-corrected chi connectivity index (χ1v) is 4.42. The molecule has 2 nitrogen and oxygen atoms in total. The Morgan fingerprint density at radius 1 is 0.929 bits per heavy atom. The topological polar surface area (TPSA) is 25.8 Å². The predicted octanol–water partition coefficient (Wildman–Crippen LogP) is 2.79. The van der Waals surface area contributed by atoms with Gasteiger partial charge in [-0.1, -0.05) is 36.9 Å². The van der Waals surface area contributed by atoms with E-state index in [0.29, 0.717) is 0 Å². The van der Waals surface area contributed by atoms with Crippen molar-refractivity contribution >= 4 is 6.08 Å². The highest BCUT2D eigenvalue weighted by Gasteiger charge is 1.97. The van der Waals surface area contributed by atoms with Crippen LogP contribution in [-0.4, -0.2) is 10.2 Å². The number of nitrogens with zero attached hydrogens (tertiary/aromatic N) is 2. The Morgan fingerprint density at radius 3 is 2.29 bits per heavy atom. The van der Waals surface area contributed by atoms with Gasteiger partial charge in [-0.3, -0.25) is 0 Å². The molecule has 2 rings (SSSR count). The van der Waals surface area contributed by atoms with Gasteiger partial charge in [0.1, 0.15) is 0 Å². The highest BCUT2D eigenvalue weighted by Crippen LogP contribution is 2.14. The van der Waals surface area contributed by atoms with Crippen LogP contribution in [0.25, 0.3) is 17.3 Å². The summed E-state index contributed by atoms with van der Waals surface area (Å²) in [6.07, 6.45) is 1.68. The van der Waals surface area contributed by atoms with Crippen LogP contribution in [0.2, 0.25) is 0 Å². The van der Waals surface area contributed by atoms with Crippen LogP contribution in [0.5, 0.6) is 0 Å². The molecule has 68 valence electrons. The van der Waals surface area contributed by atoms with Gasteiger partial charge in [0, 0.05) is 5.56 Å². The van der Waals surface area contributed by atoms with Crippen molar-refractivity contribution < 1.29 is 0 Å². The van der Waals surface area contributed by atoms with Crippen LogP contribution in [0.1, 0.15) is 5.69 Å². The van der Waals surface area contributed by atoms with Crippen LogP contribution >= 0.6 is 0 Å². The highest BCUT2D eigenvalue weighted by atomic mass is 15.1. The van der Waals surface area contributed by atoms with Crippen molar-refractivity contribution in [2.45, 2.75) is 0 Å². The largest absolute Gasteiger partial charge is 0.151 e. The van der Waals surface area contributed by atoms with Gasteiger partial charge in [-0.25, -0.2) is 0 Å². The highest BCUT2D eigenvalue weighted by molar-refractivity contribution is 5.58. The van der Waals surface area contributed by atoms with E-state index < -0.39 is 0 Å². The van der Waals surface area contributed by atoms with Gasteiger partial charge in [-0.2, -0.15) is 5.10 Å². The molecule has 0 aliphatic carbocycles. The average Bonchev–Trinajstić information content (AvgIpc) is 2.30. The molecule has 0 atom stereocenters. The first kappa shape index (κ1) is 8.63. The second-order valence-corrected chi connectivity index (χ2v) is 2.91. The molecule has 0 radical (unpaired) electrons. The standard InChI is InChI=1S/C12H10N2/c1-2-11-8-9-12(14-13-11)10-6-4-3-5-7-10/h2-9H,1H2. The van der Waals surface area contributed by atoms with E-state index in [4.69, 9.17) is 0 Å². The van der Waals surface area contributed by atoms with Crippen LogP contribution in [-0.2, 0) is 0 Å². The molecular formula is C12H10N2. The number of hydrogen-bond acceptors (Lipinski definition) is 2. The Kier molecular flexibility index (Phi) is 2.36. The smallest absolute Gasteiger partial charge is 0.0930 e. The van der Waals surface area contributed by atoms with E-state index in [0.717, 1.165) is 17.0 Å². The van der Waals surface area contributed by atoms with Crippen molar-refractivity contribution in [1.82, 2.24) is 10.2 Å². The van der Waals surface area contributed by atoms with Gasteiger partial charge in [-0.15, -0.1) is 5.10 Å². The Balaban J connectivity index is 2.39. The Labute approximate surface area is 82.9 Å². The molecule has 0 spiro atoms. The zero-order valence-electron chi connectivity index (χ0n) is 7.72. The van der Waals surface area contributed by atoms with E-state index in [2.05, 4.69) is 16.8 Å². The molecule has 14 heavy (non-hydrogen) atoms. The summed E-state index contributed by atoms with van der Waals surface area (Å²) in [6, 6.07) is 13.8. The summed E-state index contributed by atoms with van der Waals surface area (Å²) in [5, 5.41) is 8.10. The lowest BCUT2D eigenvalue weighted by molar-refractivity contribution is 1.02. The van der Waals surface area contributed by atoms with Gasteiger partial charge in [0.15, 0.2) is 0 Å². The van der Waals surface area contributed by atoms with Crippen molar-refractivity contribution in [2.24, 2.45) is 0 Å². The van der Waals surface area contributed by atoms with Gasteiger partial charge in [0.2, 0.25) is 0 Å². The minimum Gasteiger partial charge on any atom is -0.151 e. The fraction of sp³-hybridized carbons (Fsp3) is 0. The summed E-state index contributed by atoms with van der Waals surface area (Å²) >= 11 is 0. The van der Waals surface area contributed by atoms with Gasteiger partial charge >= 0.3 is 0 Å². The fourth-order valence-corrected chi connectivity index (χ4v) is 1.21. The van der Waals surface area contributed by atoms with E-state index >= 15 is 0 Å². The van der Waals surface area contributed by atoms with Crippen LogP contribution in [0.3, 0.4) is 0 Å². The summed E-state index contributed by atoms with van der Waals surface area (Å²) in [5.74, 6) is 0. The number of hydrogen-bond donors (Lipinski definition) is 0. The Hall–Kier alpha value is -1.96. The first-order valence-electron chi connectivity index (χ1n) is 4.42. The van der Waals surface area contributed by atoms with Crippen molar-refractivity contribution in [3.05, 3.63) is 54.7 Å². The molecule has 0 saturated carbocycles. The van der Waals surface area contributed by atoms with E-state index in [-0.39, 0.29) is 0 Å². The number of aromatic nitrogens is 2. The average molecular weight is 182 g/mol. The molecule has 0 saturated heterocycles. The summed E-state index contributed by atoms with van der Waals surface area (Å²) in [7, 11) is 0. The van der Waals surface area contributed by atoms with E-state index in [1.807, 2.05) is 42.5 Å². The van der Waals surface area contributed by atoms with Gasteiger partial charge in [0.25, 0.3) is 0 Å². The molecule has 0 aliphatic heterocycles. The third kappa shape index (κ3) is 1.69. The molecule has 1 heterocycles. The minimum absolute atomic E-state index is 0.796. The predicted molar refractivity (Wildman–Crippen MR) is 57.6 cm³/mol. The molecule has 2 aromatic rings. The Bertz CT molecular complexity index is 418. The molecule has 0 unspecified atom stereocenters. The van der Waals surface area contributed by atoms with E-state index in [1.165, 1.54) is 0 Å². The summed E-state index contributed by atoms with van der Waals surface area (Å²) in [6.45, 7) is 3.63. The maximum absolute atomic E-state index is 4.10. The molecular weight excluding hydrogens is 172 g/mol. The molecule has 0 amide bonds. The molecule has 2 heteroatoms. The van der Waals surface area contributed by atoms with Crippen molar-refractivity contribution in [3.63, 3.8) is 0 Å². The maximum atomic E-state index is 4.10. The molecule has 0 bridgehead atoms. The molecule has 1 aromatic heterocycles. The van der Waals surface area contributed by atoms with Gasteiger partial charge in [-0.05, 0) is 18.2 Å². The second-order valence-electron chi connectivity index (χ2n) is 2.91. The first-order chi connectivity index (χ1) is 6.90. The Morgan fingerprint density at radius 2 is 1.71 bits per heavy atom. The van der Waals surface area contributed by atoms with Crippen molar-refractivity contribution in [3.8, 4) is 11.3 Å². The lowest BCUT2D eigenvalue weighted by Crippen LogP contribution is -1.88.